The van der Waals surface area contributed by atoms with Crippen LogP contribution in [-0.4, -0.2) is 46.6 Å². The summed E-state index contributed by atoms with van der Waals surface area (Å²) < 4.78 is 56.1. The van der Waals surface area contributed by atoms with Gasteiger partial charge in [-0.3, -0.25) is 0 Å². The highest BCUT2D eigenvalue weighted by Gasteiger charge is 2.72. The van der Waals surface area contributed by atoms with Gasteiger partial charge in [-0.15, -0.1) is 0 Å². The number of halogens is 3. The highest BCUT2D eigenvalue weighted by atomic mass is 19.4. The summed E-state index contributed by atoms with van der Waals surface area (Å²) in [5.74, 6) is -1.55. The standard InChI is InChI=1S/C33H43F3O4/c1-20(2)21-6-8-22(9-7-21)24-16-29(5)25(12-15-32(29,38)33(34,35)36)23-10-13-30(37)17-31(14-11-26(30)27(23)24)39-18-28(3,4)19-40-31/h6-9,23-25,37-38H,1,10-19H2,2-5H3/t23?,24?,25?,29?,30-,32+/m1/s1. The first-order valence-electron chi connectivity index (χ1n) is 14.8. The number of ether oxygens (including phenoxy) is 2. The van der Waals surface area contributed by atoms with Crippen LogP contribution in [0.1, 0.15) is 96.1 Å². The van der Waals surface area contributed by atoms with E-state index in [-0.39, 0.29) is 36.0 Å². The summed E-state index contributed by atoms with van der Waals surface area (Å²) in [5.41, 5.74) is -0.316. The number of fused-ring (bicyclic) bond motifs is 4. The Hall–Kier alpha value is -1.67. The van der Waals surface area contributed by atoms with Crippen molar-refractivity contribution in [2.45, 2.75) is 108 Å². The Balaban J connectivity index is 1.45. The molecule has 220 valence electrons. The quantitative estimate of drug-likeness (QED) is 0.373. The van der Waals surface area contributed by atoms with Crippen LogP contribution < -0.4 is 0 Å². The molecule has 1 heterocycles. The van der Waals surface area contributed by atoms with E-state index in [0.717, 1.165) is 27.8 Å². The van der Waals surface area contributed by atoms with Gasteiger partial charge in [-0.05, 0) is 74.0 Å². The molecule has 0 aromatic heterocycles. The molecule has 6 atom stereocenters. The van der Waals surface area contributed by atoms with Gasteiger partial charge in [0.25, 0.3) is 0 Å². The third-order valence-electron chi connectivity index (χ3n) is 11.3. The van der Waals surface area contributed by atoms with Gasteiger partial charge in [0.2, 0.25) is 0 Å². The van der Waals surface area contributed by atoms with Crippen molar-refractivity contribution in [1.82, 2.24) is 0 Å². The van der Waals surface area contributed by atoms with Crippen LogP contribution in [0.2, 0.25) is 0 Å². The summed E-state index contributed by atoms with van der Waals surface area (Å²) in [4.78, 5) is 0. The van der Waals surface area contributed by atoms with Crippen molar-refractivity contribution in [3.63, 3.8) is 0 Å². The van der Waals surface area contributed by atoms with E-state index in [1.165, 1.54) is 0 Å². The fraction of sp³-hybridized carbons (Fsp3) is 0.697. The third-order valence-corrected chi connectivity index (χ3v) is 11.3. The maximum Gasteiger partial charge on any atom is 0.417 e. The Morgan fingerprint density at radius 1 is 0.975 bits per heavy atom. The minimum Gasteiger partial charge on any atom is -0.385 e. The van der Waals surface area contributed by atoms with Crippen LogP contribution in [0, 0.1) is 22.7 Å². The lowest BCUT2D eigenvalue weighted by atomic mass is 9.49. The van der Waals surface area contributed by atoms with E-state index in [9.17, 15) is 23.4 Å². The van der Waals surface area contributed by atoms with Crippen LogP contribution in [0.15, 0.2) is 42.0 Å². The molecule has 3 saturated carbocycles. The number of aliphatic hydroxyl groups is 2. The molecule has 4 unspecified atom stereocenters. The van der Waals surface area contributed by atoms with Gasteiger partial charge in [0, 0.05) is 29.6 Å². The van der Waals surface area contributed by atoms with Crippen LogP contribution in [0.4, 0.5) is 13.2 Å². The van der Waals surface area contributed by atoms with Gasteiger partial charge in [-0.25, -0.2) is 0 Å². The first kappa shape index (κ1) is 28.4. The Labute approximate surface area is 235 Å². The second-order valence-corrected chi connectivity index (χ2v) is 14.5. The minimum atomic E-state index is -4.70. The van der Waals surface area contributed by atoms with Gasteiger partial charge in [0.1, 0.15) is 0 Å². The molecule has 0 amide bonds. The molecule has 1 spiro atoms. The van der Waals surface area contributed by atoms with Crippen molar-refractivity contribution in [2.24, 2.45) is 22.7 Å². The second-order valence-electron chi connectivity index (χ2n) is 14.5. The van der Waals surface area contributed by atoms with E-state index in [1.54, 1.807) is 6.92 Å². The summed E-state index contributed by atoms with van der Waals surface area (Å²) in [5, 5.41) is 23.5. The fourth-order valence-corrected chi connectivity index (χ4v) is 9.02. The highest BCUT2D eigenvalue weighted by Crippen LogP contribution is 2.70. The topological polar surface area (TPSA) is 58.9 Å². The molecule has 0 bridgehead atoms. The average Bonchev–Trinajstić information content (AvgIpc) is 3.16. The number of alkyl halides is 3. The largest absolute Gasteiger partial charge is 0.417 e. The van der Waals surface area contributed by atoms with Crippen molar-refractivity contribution in [2.75, 3.05) is 13.2 Å². The highest BCUT2D eigenvalue weighted by molar-refractivity contribution is 5.61. The lowest BCUT2D eigenvalue weighted by Gasteiger charge is -2.58. The first-order chi connectivity index (χ1) is 18.5. The Kier molecular flexibility index (Phi) is 6.34. The predicted octanol–water partition coefficient (Wildman–Crippen LogP) is 7.31. The molecule has 7 heteroatoms. The number of benzene rings is 1. The summed E-state index contributed by atoms with van der Waals surface area (Å²) >= 11 is 0. The third kappa shape index (κ3) is 4.09. The second kappa shape index (κ2) is 8.92. The Morgan fingerprint density at radius 2 is 1.62 bits per heavy atom. The summed E-state index contributed by atoms with van der Waals surface area (Å²) in [6, 6.07) is 7.95. The molecule has 40 heavy (non-hydrogen) atoms. The lowest BCUT2D eigenvalue weighted by Crippen LogP contribution is -2.60. The maximum absolute atomic E-state index is 14.5. The number of hydrogen-bond acceptors (Lipinski definition) is 4. The van der Waals surface area contributed by atoms with Crippen LogP contribution in [0.5, 0.6) is 0 Å². The van der Waals surface area contributed by atoms with Gasteiger partial charge < -0.3 is 19.7 Å². The van der Waals surface area contributed by atoms with Crippen molar-refractivity contribution in [3.05, 3.63) is 53.1 Å². The molecular formula is C33H43F3O4. The zero-order valence-corrected chi connectivity index (χ0v) is 24.2. The summed E-state index contributed by atoms with van der Waals surface area (Å²) in [6.07, 6.45) is -1.84. The molecule has 4 aliphatic carbocycles. The van der Waals surface area contributed by atoms with E-state index in [1.807, 2.05) is 31.2 Å². The molecule has 1 aromatic carbocycles. The van der Waals surface area contributed by atoms with Crippen LogP contribution in [-0.2, 0) is 9.47 Å². The van der Waals surface area contributed by atoms with Crippen molar-refractivity contribution < 1.29 is 32.9 Å². The van der Waals surface area contributed by atoms with Gasteiger partial charge in [0.05, 0.1) is 18.8 Å². The van der Waals surface area contributed by atoms with Crippen LogP contribution in [0.25, 0.3) is 5.57 Å². The van der Waals surface area contributed by atoms with Gasteiger partial charge >= 0.3 is 6.18 Å². The lowest BCUT2D eigenvalue weighted by molar-refractivity contribution is -0.323. The molecule has 0 radical (unpaired) electrons. The molecule has 1 aliphatic heterocycles. The van der Waals surface area contributed by atoms with Gasteiger partial charge in [-0.1, -0.05) is 62.8 Å². The van der Waals surface area contributed by atoms with Crippen LogP contribution >= 0.6 is 0 Å². The first-order valence-corrected chi connectivity index (χ1v) is 14.8. The summed E-state index contributed by atoms with van der Waals surface area (Å²) in [6.45, 7) is 12.9. The Bertz CT molecular complexity index is 1220. The van der Waals surface area contributed by atoms with E-state index in [0.29, 0.717) is 51.7 Å². The monoisotopic (exact) mass is 560 g/mol. The van der Waals surface area contributed by atoms with E-state index in [2.05, 4.69) is 20.4 Å². The SMILES string of the molecule is C=C(C)c1ccc(C2CC3(C)C(CC[C@@]3(O)C(F)(F)F)C3CC[C@@]4(O)CC5(CCC4=C23)OCC(C)(C)CO5)cc1. The molecule has 4 fully saturated rings. The fourth-order valence-electron chi connectivity index (χ4n) is 9.02. The zero-order valence-electron chi connectivity index (χ0n) is 24.2. The zero-order chi connectivity index (χ0) is 28.9. The smallest absolute Gasteiger partial charge is 0.385 e. The van der Waals surface area contributed by atoms with E-state index in [4.69, 9.17) is 9.47 Å². The average molecular weight is 561 g/mol. The van der Waals surface area contributed by atoms with Crippen molar-refractivity contribution >= 4 is 5.57 Å². The molecule has 6 rings (SSSR count). The predicted molar refractivity (Wildman–Crippen MR) is 147 cm³/mol. The Morgan fingerprint density at radius 3 is 2.23 bits per heavy atom. The number of rotatable bonds is 2. The maximum atomic E-state index is 14.5. The normalized spacial score (nSPS) is 40.4. The van der Waals surface area contributed by atoms with E-state index < -0.39 is 28.6 Å². The molecular weight excluding hydrogens is 517 g/mol. The van der Waals surface area contributed by atoms with Crippen molar-refractivity contribution in [3.8, 4) is 0 Å². The molecule has 5 aliphatic rings. The van der Waals surface area contributed by atoms with Crippen molar-refractivity contribution in [1.29, 1.82) is 0 Å². The summed E-state index contributed by atoms with van der Waals surface area (Å²) in [7, 11) is 0. The van der Waals surface area contributed by atoms with Crippen LogP contribution in [0.3, 0.4) is 0 Å². The van der Waals surface area contributed by atoms with Gasteiger partial charge in [-0.2, -0.15) is 13.2 Å². The number of hydrogen-bond donors (Lipinski definition) is 2. The minimum absolute atomic E-state index is 0.0864. The molecule has 4 nitrogen and oxygen atoms in total. The molecule has 1 aromatic rings. The number of allylic oxidation sites excluding steroid dienone is 2. The molecule has 1 saturated heterocycles. The van der Waals surface area contributed by atoms with E-state index >= 15 is 0 Å². The van der Waals surface area contributed by atoms with Gasteiger partial charge in [0.15, 0.2) is 11.4 Å². The molecule has 2 N–H and O–H groups in total.